The molecule has 0 radical (unpaired) electrons. The minimum absolute atomic E-state index is 0.0534. The third-order valence-corrected chi connectivity index (χ3v) is 6.76. The molecule has 0 atom stereocenters. The molecule has 6 rings (SSSR count). The first kappa shape index (κ1) is 23.4. The number of hydrogen-bond acceptors (Lipinski definition) is 8. The number of H-pyrrole nitrogens is 1. The lowest BCUT2D eigenvalue weighted by atomic mass is 10.1. The third-order valence-electron chi connectivity index (χ3n) is 5.87. The number of furan rings is 1. The molecule has 0 saturated heterocycles. The van der Waals surface area contributed by atoms with Gasteiger partial charge in [-0.15, -0.1) is 11.3 Å². The number of aromatic nitrogens is 5. The highest BCUT2D eigenvalue weighted by Crippen LogP contribution is 2.28. The van der Waals surface area contributed by atoms with Gasteiger partial charge in [-0.05, 0) is 36.1 Å². The molecule has 0 fully saturated rings. The summed E-state index contributed by atoms with van der Waals surface area (Å²) in [6.45, 7) is 1.78. The second kappa shape index (κ2) is 9.79. The average molecular weight is 525 g/mol. The summed E-state index contributed by atoms with van der Waals surface area (Å²) in [6, 6.07) is 20.1. The van der Waals surface area contributed by atoms with Gasteiger partial charge in [-0.2, -0.15) is 9.78 Å². The van der Waals surface area contributed by atoms with Crippen molar-refractivity contribution in [3.8, 4) is 28.0 Å². The Morgan fingerprint density at radius 1 is 1.08 bits per heavy atom. The van der Waals surface area contributed by atoms with Crippen LogP contribution in [0.15, 0.2) is 92.1 Å². The highest BCUT2D eigenvalue weighted by Gasteiger charge is 2.21. The van der Waals surface area contributed by atoms with E-state index in [1.54, 1.807) is 25.1 Å². The van der Waals surface area contributed by atoms with E-state index in [-0.39, 0.29) is 17.2 Å². The summed E-state index contributed by atoms with van der Waals surface area (Å²) >= 11 is 1.50. The number of anilines is 1. The van der Waals surface area contributed by atoms with Gasteiger partial charge in [0.05, 0.1) is 16.8 Å². The van der Waals surface area contributed by atoms with Crippen LogP contribution in [0.5, 0.6) is 0 Å². The molecule has 38 heavy (non-hydrogen) atoms. The fraction of sp³-hybridized carbons (Fsp3) is 0.0741. The van der Waals surface area contributed by atoms with Crippen molar-refractivity contribution in [2.24, 2.45) is 0 Å². The molecular weight excluding hydrogens is 504 g/mol. The number of thiophene rings is 1. The number of carbonyl (C=O) groups excluding carboxylic acids is 1. The number of hydrogen-bond donors (Lipinski definition) is 2. The standard InChI is InChI=1S/C27H20N6O4S/c1-16-18(13-17-7-3-2-4-8-17)25(34)30-27(28-16)33-24(15-19(31-33)23-10-6-12-38-23)29-26(35)20-14-22(37-32-20)21-9-5-11-36-21/h2-12,14-15H,13H2,1H3,(H,29,35)(H,28,30,34). The molecule has 0 aliphatic heterocycles. The molecule has 0 spiro atoms. The summed E-state index contributed by atoms with van der Waals surface area (Å²) in [5.41, 5.74) is 2.52. The number of aromatic amines is 1. The van der Waals surface area contributed by atoms with Crippen molar-refractivity contribution in [1.82, 2.24) is 24.9 Å². The Kier molecular flexibility index (Phi) is 6.02. The number of benzene rings is 1. The molecule has 1 aromatic carbocycles. The van der Waals surface area contributed by atoms with Crippen LogP contribution < -0.4 is 10.9 Å². The highest BCUT2D eigenvalue weighted by molar-refractivity contribution is 7.13. The molecule has 6 aromatic rings. The van der Waals surface area contributed by atoms with E-state index in [0.29, 0.717) is 40.7 Å². The van der Waals surface area contributed by atoms with Crippen LogP contribution in [0.25, 0.3) is 28.0 Å². The van der Waals surface area contributed by atoms with E-state index in [1.165, 1.54) is 28.3 Å². The van der Waals surface area contributed by atoms with E-state index in [9.17, 15) is 9.59 Å². The lowest BCUT2D eigenvalue weighted by Crippen LogP contribution is -2.22. The van der Waals surface area contributed by atoms with Crippen molar-refractivity contribution in [2.45, 2.75) is 13.3 Å². The van der Waals surface area contributed by atoms with Crippen LogP contribution >= 0.6 is 11.3 Å². The van der Waals surface area contributed by atoms with E-state index in [1.807, 2.05) is 47.8 Å². The van der Waals surface area contributed by atoms with Crippen LogP contribution in [-0.2, 0) is 6.42 Å². The molecule has 2 N–H and O–H groups in total. The molecule has 0 bridgehead atoms. The number of aryl methyl sites for hydroxylation is 1. The smallest absolute Gasteiger partial charge is 0.279 e. The van der Waals surface area contributed by atoms with Crippen molar-refractivity contribution < 1.29 is 13.7 Å². The second-order valence-electron chi connectivity index (χ2n) is 8.43. The molecule has 0 aliphatic rings. The first-order valence-electron chi connectivity index (χ1n) is 11.6. The monoisotopic (exact) mass is 524 g/mol. The molecule has 0 aliphatic carbocycles. The van der Waals surface area contributed by atoms with Gasteiger partial charge >= 0.3 is 0 Å². The normalized spacial score (nSPS) is 11.1. The van der Waals surface area contributed by atoms with Crippen molar-refractivity contribution in [1.29, 1.82) is 0 Å². The van der Waals surface area contributed by atoms with Crippen LogP contribution in [0, 0.1) is 6.92 Å². The highest BCUT2D eigenvalue weighted by atomic mass is 32.1. The fourth-order valence-electron chi connectivity index (χ4n) is 3.98. The van der Waals surface area contributed by atoms with E-state index in [2.05, 4.69) is 25.5 Å². The Morgan fingerprint density at radius 3 is 2.68 bits per heavy atom. The molecule has 5 aromatic heterocycles. The van der Waals surface area contributed by atoms with E-state index < -0.39 is 5.91 Å². The van der Waals surface area contributed by atoms with Gasteiger partial charge in [0, 0.05) is 24.1 Å². The molecular formula is C27H20N6O4S. The van der Waals surface area contributed by atoms with E-state index in [4.69, 9.17) is 8.94 Å². The molecule has 188 valence electrons. The van der Waals surface area contributed by atoms with Crippen LogP contribution in [0.2, 0.25) is 0 Å². The fourth-order valence-corrected chi connectivity index (χ4v) is 4.66. The minimum Gasteiger partial charge on any atom is -0.461 e. The van der Waals surface area contributed by atoms with Gasteiger partial charge in [0.15, 0.2) is 11.5 Å². The van der Waals surface area contributed by atoms with Crippen molar-refractivity contribution in [3.63, 3.8) is 0 Å². The van der Waals surface area contributed by atoms with Gasteiger partial charge in [0.25, 0.3) is 11.5 Å². The van der Waals surface area contributed by atoms with Gasteiger partial charge < -0.3 is 14.3 Å². The summed E-state index contributed by atoms with van der Waals surface area (Å²) in [5.74, 6) is 0.737. The Hall–Kier alpha value is -5.03. The van der Waals surface area contributed by atoms with Crippen LogP contribution in [0.3, 0.4) is 0 Å². The van der Waals surface area contributed by atoms with Gasteiger partial charge in [-0.25, -0.2) is 4.98 Å². The SMILES string of the molecule is Cc1nc(-n2nc(-c3cccs3)cc2NC(=O)c2cc(-c3ccco3)on2)[nH]c(=O)c1Cc1ccccc1. The lowest BCUT2D eigenvalue weighted by molar-refractivity contribution is 0.101. The maximum atomic E-state index is 13.1. The third kappa shape index (κ3) is 4.58. The number of amides is 1. The Labute approximate surface area is 219 Å². The Balaban J connectivity index is 1.35. The Bertz CT molecular complexity index is 1770. The van der Waals surface area contributed by atoms with E-state index in [0.717, 1.165) is 10.4 Å². The van der Waals surface area contributed by atoms with Crippen molar-refractivity contribution in [2.75, 3.05) is 5.32 Å². The van der Waals surface area contributed by atoms with Gasteiger partial charge in [0.2, 0.25) is 11.7 Å². The summed E-state index contributed by atoms with van der Waals surface area (Å²) < 4.78 is 12.0. The minimum atomic E-state index is -0.523. The van der Waals surface area contributed by atoms with Crippen LogP contribution in [0.1, 0.15) is 27.3 Å². The van der Waals surface area contributed by atoms with Gasteiger partial charge in [0.1, 0.15) is 11.5 Å². The van der Waals surface area contributed by atoms with Gasteiger partial charge in [-0.3, -0.25) is 14.6 Å². The lowest BCUT2D eigenvalue weighted by Gasteiger charge is -2.10. The van der Waals surface area contributed by atoms with Crippen LogP contribution in [-0.4, -0.2) is 30.8 Å². The summed E-state index contributed by atoms with van der Waals surface area (Å²) in [5, 5.41) is 13.2. The first-order valence-corrected chi connectivity index (χ1v) is 12.5. The van der Waals surface area contributed by atoms with E-state index >= 15 is 0 Å². The maximum Gasteiger partial charge on any atom is 0.279 e. The Morgan fingerprint density at radius 2 is 1.95 bits per heavy atom. The summed E-state index contributed by atoms with van der Waals surface area (Å²) in [4.78, 5) is 34.5. The molecule has 1 amide bonds. The first-order chi connectivity index (χ1) is 18.5. The predicted octanol–water partition coefficient (Wildman–Crippen LogP) is 5.08. The maximum absolute atomic E-state index is 13.1. The van der Waals surface area contributed by atoms with Crippen LogP contribution in [0.4, 0.5) is 5.82 Å². The quantitative estimate of drug-likeness (QED) is 0.297. The molecule has 10 nitrogen and oxygen atoms in total. The summed E-state index contributed by atoms with van der Waals surface area (Å²) in [7, 11) is 0. The zero-order valence-corrected chi connectivity index (χ0v) is 20.9. The zero-order valence-electron chi connectivity index (χ0n) is 20.0. The van der Waals surface area contributed by atoms with Gasteiger partial charge in [-0.1, -0.05) is 41.6 Å². The molecule has 0 unspecified atom stereocenters. The zero-order chi connectivity index (χ0) is 26.1. The number of rotatable bonds is 7. The second-order valence-corrected chi connectivity index (χ2v) is 9.38. The molecule has 0 saturated carbocycles. The largest absolute Gasteiger partial charge is 0.461 e. The van der Waals surface area contributed by atoms with Crippen molar-refractivity contribution >= 4 is 23.1 Å². The average Bonchev–Trinajstić information content (AvgIpc) is 3.73. The molecule has 5 heterocycles. The molecule has 11 heteroatoms. The predicted molar refractivity (Wildman–Crippen MR) is 141 cm³/mol. The van der Waals surface area contributed by atoms with Crippen molar-refractivity contribution in [3.05, 3.63) is 111 Å². The number of carbonyl (C=O) groups is 1. The topological polar surface area (TPSA) is 132 Å². The number of nitrogens with zero attached hydrogens (tertiary/aromatic N) is 4. The number of nitrogens with one attached hydrogen (secondary N) is 2. The summed E-state index contributed by atoms with van der Waals surface area (Å²) in [6.07, 6.45) is 1.95.